The van der Waals surface area contributed by atoms with Crippen molar-refractivity contribution in [3.05, 3.63) is 35.1 Å². The first-order valence-electron chi connectivity index (χ1n) is 7.46. The highest BCUT2D eigenvalue weighted by atomic mass is 19.4. The monoisotopic (exact) mass is 305 g/mol. The summed E-state index contributed by atoms with van der Waals surface area (Å²) in [5.41, 5.74) is -0.597. The number of halogens is 4. The fourth-order valence-electron chi connectivity index (χ4n) is 2.33. The number of alkyl halides is 3. The molecule has 1 rings (SSSR count). The minimum absolute atomic E-state index is 0.259. The number of rotatable bonds is 8. The number of benzene rings is 1. The largest absolute Gasteiger partial charge is 0.416 e. The van der Waals surface area contributed by atoms with Gasteiger partial charge in [0.15, 0.2) is 0 Å². The van der Waals surface area contributed by atoms with E-state index in [-0.39, 0.29) is 12.6 Å². The van der Waals surface area contributed by atoms with Crippen molar-refractivity contribution < 1.29 is 17.6 Å². The van der Waals surface area contributed by atoms with Crippen molar-refractivity contribution in [2.45, 2.75) is 64.7 Å². The van der Waals surface area contributed by atoms with Gasteiger partial charge in [0, 0.05) is 12.6 Å². The summed E-state index contributed by atoms with van der Waals surface area (Å²) in [7, 11) is 0. The van der Waals surface area contributed by atoms with Gasteiger partial charge in [0.25, 0.3) is 0 Å². The zero-order valence-corrected chi connectivity index (χ0v) is 12.6. The third-order valence-electron chi connectivity index (χ3n) is 3.42. The Morgan fingerprint density at radius 1 is 1.05 bits per heavy atom. The molecule has 1 atom stereocenters. The van der Waals surface area contributed by atoms with Crippen LogP contribution >= 0.6 is 0 Å². The van der Waals surface area contributed by atoms with Crippen LogP contribution in [0.15, 0.2) is 18.2 Å². The van der Waals surface area contributed by atoms with Gasteiger partial charge in [-0.1, -0.05) is 33.1 Å². The van der Waals surface area contributed by atoms with Crippen LogP contribution in [0.3, 0.4) is 0 Å². The lowest BCUT2D eigenvalue weighted by atomic mass is 10.0. The lowest BCUT2D eigenvalue weighted by Gasteiger charge is -2.18. The molecule has 1 aromatic carbocycles. The van der Waals surface area contributed by atoms with Crippen molar-refractivity contribution in [1.29, 1.82) is 0 Å². The summed E-state index contributed by atoms with van der Waals surface area (Å²) < 4.78 is 51.2. The minimum Gasteiger partial charge on any atom is -0.310 e. The van der Waals surface area contributed by atoms with E-state index in [1.165, 1.54) is 0 Å². The molecular weight excluding hydrogens is 282 g/mol. The van der Waals surface area contributed by atoms with Gasteiger partial charge in [-0.25, -0.2) is 4.39 Å². The standard InChI is InChI=1S/C16H23F4N/c1-3-5-7-15(6-4-2)21-11-12-8-13(16(18,19)20)10-14(17)9-12/h8-10,15,21H,3-7,11H2,1-2H3. The summed E-state index contributed by atoms with van der Waals surface area (Å²) >= 11 is 0. The third kappa shape index (κ3) is 6.46. The van der Waals surface area contributed by atoms with Gasteiger partial charge in [-0.05, 0) is 36.6 Å². The van der Waals surface area contributed by atoms with Gasteiger partial charge in [-0.3, -0.25) is 0 Å². The summed E-state index contributed by atoms with van der Waals surface area (Å²) in [6.45, 7) is 4.44. The Morgan fingerprint density at radius 3 is 2.33 bits per heavy atom. The molecule has 1 N–H and O–H groups in total. The number of hydrogen-bond donors (Lipinski definition) is 1. The molecular formula is C16H23F4N. The van der Waals surface area contributed by atoms with E-state index < -0.39 is 17.6 Å². The van der Waals surface area contributed by atoms with Crippen LogP contribution in [0.25, 0.3) is 0 Å². The molecule has 0 aliphatic carbocycles. The van der Waals surface area contributed by atoms with Crippen LogP contribution in [-0.4, -0.2) is 6.04 Å². The zero-order chi connectivity index (χ0) is 15.9. The molecule has 1 nitrogen and oxygen atoms in total. The van der Waals surface area contributed by atoms with Crippen LogP contribution in [0.5, 0.6) is 0 Å². The Kier molecular flexibility index (Phi) is 7.15. The average molecular weight is 305 g/mol. The molecule has 0 saturated heterocycles. The molecule has 0 fully saturated rings. The number of unbranched alkanes of at least 4 members (excludes halogenated alkanes) is 1. The first kappa shape index (κ1) is 18.0. The van der Waals surface area contributed by atoms with Crippen molar-refractivity contribution in [1.82, 2.24) is 5.32 Å². The van der Waals surface area contributed by atoms with Crippen molar-refractivity contribution in [3.8, 4) is 0 Å². The maximum atomic E-state index is 13.3. The van der Waals surface area contributed by atoms with E-state index in [9.17, 15) is 17.6 Å². The van der Waals surface area contributed by atoms with Gasteiger partial charge in [-0.15, -0.1) is 0 Å². The molecule has 0 aliphatic heterocycles. The van der Waals surface area contributed by atoms with Gasteiger partial charge in [0.05, 0.1) is 5.56 Å². The first-order valence-corrected chi connectivity index (χ1v) is 7.46. The predicted octanol–water partition coefficient (Wildman–Crippen LogP) is 5.29. The van der Waals surface area contributed by atoms with Crippen LogP contribution in [0, 0.1) is 5.82 Å². The molecule has 0 radical (unpaired) electrons. The van der Waals surface area contributed by atoms with E-state index in [0.717, 1.165) is 44.2 Å². The lowest BCUT2D eigenvalue weighted by molar-refractivity contribution is -0.137. The van der Waals surface area contributed by atoms with Crippen molar-refractivity contribution in [2.24, 2.45) is 0 Å². The average Bonchev–Trinajstić information content (AvgIpc) is 2.40. The predicted molar refractivity (Wildman–Crippen MR) is 76.5 cm³/mol. The van der Waals surface area contributed by atoms with Crippen molar-refractivity contribution >= 4 is 0 Å². The van der Waals surface area contributed by atoms with Crippen LogP contribution in [0.2, 0.25) is 0 Å². The topological polar surface area (TPSA) is 12.0 Å². The van der Waals surface area contributed by atoms with Gasteiger partial charge in [0.1, 0.15) is 5.82 Å². The quantitative estimate of drug-likeness (QED) is 0.643. The molecule has 0 aliphatic rings. The van der Waals surface area contributed by atoms with Crippen LogP contribution in [-0.2, 0) is 12.7 Å². The van der Waals surface area contributed by atoms with Gasteiger partial charge in [-0.2, -0.15) is 13.2 Å². The molecule has 21 heavy (non-hydrogen) atoms. The zero-order valence-electron chi connectivity index (χ0n) is 12.6. The molecule has 0 aromatic heterocycles. The highest BCUT2D eigenvalue weighted by Gasteiger charge is 2.31. The molecule has 0 amide bonds. The summed E-state index contributed by atoms with van der Waals surface area (Å²) in [4.78, 5) is 0. The molecule has 1 unspecified atom stereocenters. The fraction of sp³-hybridized carbons (Fsp3) is 0.625. The van der Waals surface area contributed by atoms with Crippen LogP contribution in [0.1, 0.15) is 57.1 Å². The SMILES string of the molecule is CCCCC(CCC)NCc1cc(F)cc(C(F)(F)F)c1. The van der Waals surface area contributed by atoms with Crippen LogP contribution in [0.4, 0.5) is 17.6 Å². The summed E-state index contributed by atoms with van der Waals surface area (Å²) in [5.74, 6) is -0.845. The maximum absolute atomic E-state index is 13.3. The molecule has 0 heterocycles. The van der Waals surface area contributed by atoms with Crippen molar-refractivity contribution in [3.63, 3.8) is 0 Å². The van der Waals surface area contributed by atoms with E-state index in [1.54, 1.807) is 0 Å². The highest BCUT2D eigenvalue weighted by Crippen LogP contribution is 2.30. The Labute approximate surface area is 123 Å². The number of nitrogens with one attached hydrogen (secondary N) is 1. The lowest BCUT2D eigenvalue weighted by Crippen LogP contribution is -2.28. The Bertz CT molecular complexity index is 429. The molecule has 0 saturated carbocycles. The minimum atomic E-state index is -4.51. The van der Waals surface area contributed by atoms with Gasteiger partial charge < -0.3 is 5.32 Å². The molecule has 120 valence electrons. The Balaban J connectivity index is 2.71. The normalized spacial score (nSPS) is 13.4. The second-order valence-electron chi connectivity index (χ2n) is 5.35. The Morgan fingerprint density at radius 2 is 1.76 bits per heavy atom. The molecule has 0 bridgehead atoms. The second kappa shape index (κ2) is 8.37. The van der Waals surface area contributed by atoms with Gasteiger partial charge >= 0.3 is 6.18 Å². The van der Waals surface area contributed by atoms with E-state index in [0.29, 0.717) is 11.6 Å². The first-order chi connectivity index (χ1) is 9.86. The van der Waals surface area contributed by atoms with Crippen molar-refractivity contribution in [2.75, 3.05) is 0 Å². The van der Waals surface area contributed by atoms with E-state index in [4.69, 9.17) is 0 Å². The molecule has 5 heteroatoms. The summed E-state index contributed by atoms with van der Waals surface area (Å²) in [6.07, 6.45) is 0.627. The molecule has 0 spiro atoms. The van der Waals surface area contributed by atoms with Crippen LogP contribution < -0.4 is 5.32 Å². The molecule has 1 aromatic rings. The maximum Gasteiger partial charge on any atom is 0.416 e. The van der Waals surface area contributed by atoms with E-state index >= 15 is 0 Å². The second-order valence-corrected chi connectivity index (χ2v) is 5.35. The van der Waals surface area contributed by atoms with E-state index in [1.807, 2.05) is 0 Å². The van der Waals surface area contributed by atoms with E-state index in [2.05, 4.69) is 19.2 Å². The number of hydrogen-bond acceptors (Lipinski definition) is 1. The fourth-order valence-corrected chi connectivity index (χ4v) is 2.33. The highest BCUT2D eigenvalue weighted by molar-refractivity contribution is 5.26. The summed E-state index contributed by atoms with van der Waals surface area (Å²) in [6, 6.07) is 2.97. The van der Waals surface area contributed by atoms with Gasteiger partial charge in [0.2, 0.25) is 0 Å². The third-order valence-corrected chi connectivity index (χ3v) is 3.42. The smallest absolute Gasteiger partial charge is 0.310 e. The Hall–Kier alpha value is -1.10. The summed E-state index contributed by atoms with van der Waals surface area (Å²) in [5, 5.41) is 3.24.